The van der Waals surface area contributed by atoms with E-state index in [0.717, 1.165) is 77.6 Å². The van der Waals surface area contributed by atoms with Crippen molar-refractivity contribution < 1.29 is 8.83 Å². The molecule has 3 nitrogen and oxygen atoms in total. The van der Waals surface area contributed by atoms with E-state index >= 15 is 0 Å². The molecule has 0 spiro atoms. The van der Waals surface area contributed by atoms with Crippen LogP contribution in [0.25, 0.3) is 77.3 Å². The van der Waals surface area contributed by atoms with E-state index in [9.17, 15) is 0 Å². The van der Waals surface area contributed by atoms with Gasteiger partial charge in [0.1, 0.15) is 16.7 Å². The molecule has 3 heteroatoms. The van der Waals surface area contributed by atoms with E-state index in [1.165, 1.54) is 33.4 Å². The average Bonchev–Trinajstić information content (AvgIpc) is 3.96. The Morgan fingerprint density at radius 2 is 0.831 bits per heavy atom. The quantitative estimate of drug-likeness (QED) is 0.169. The van der Waals surface area contributed by atoms with Crippen LogP contribution in [0.3, 0.4) is 0 Å². The second-order valence-electron chi connectivity index (χ2n) is 15.7. The molecule has 12 rings (SSSR count). The summed E-state index contributed by atoms with van der Waals surface area (Å²) in [6, 6.07) is 73.7. The number of nitrogens with zero attached hydrogens (tertiary/aromatic N) is 1. The predicted octanol–water partition coefficient (Wildman–Crippen LogP) is 15.6. The van der Waals surface area contributed by atoms with Crippen LogP contribution in [0.2, 0.25) is 0 Å². The summed E-state index contributed by atoms with van der Waals surface area (Å²) in [5.74, 6) is 0. The highest BCUT2D eigenvalue weighted by molar-refractivity contribution is 6.12. The minimum atomic E-state index is -0.397. The highest BCUT2D eigenvalue weighted by Gasteiger charge is 2.42. The zero-order valence-corrected chi connectivity index (χ0v) is 32.4. The van der Waals surface area contributed by atoms with Crippen molar-refractivity contribution >= 4 is 60.9 Å². The normalized spacial score (nSPS) is 13.0. The molecule has 2 aromatic heterocycles. The van der Waals surface area contributed by atoms with Crippen LogP contribution in [-0.2, 0) is 5.41 Å². The fraction of sp³-hybridized carbons (Fsp3) is 0.0357. The Labute approximate surface area is 342 Å². The van der Waals surface area contributed by atoms with Gasteiger partial charge in [-0.1, -0.05) is 170 Å². The zero-order chi connectivity index (χ0) is 39.1. The topological polar surface area (TPSA) is 29.5 Å². The van der Waals surface area contributed by atoms with E-state index in [2.05, 4.69) is 206 Å². The summed E-state index contributed by atoms with van der Waals surface area (Å²) in [4.78, 5) is 2.33. The van der Waals surface area contributed by atoms with Gasteiger partial charge in [-0.2, -0.15) is 0 Å². The average molecular weight is 756 g/mol. The van der Waals surface area contributed by atoms with Gasteiger partial charge in [-0.15, -0.1) is 0 Å². The monoisotopic (exact) mass is 755 g/mol. The van der Waals surface area contributed by atoms with Gasteiger partial charge >= 0.3 is 0 Å². The van der Waals surface area contributed by atoms with Crippen molar-refractivity contribution in [3.63, 3.8) is 0 Å². The minimum Gasteiger partial charge on any atom is -0.455 e. The molecule has 0 amide bonds. The fourth-order valence-electron chi connectivity index (χ4n) is 9.74. The molecule has 0 saturated heterocycles. The van der Waals surface area contributed by atoms with Gasteiger partial charge < -0.3 is 13.7 Å². The number of para-hydroxylation sites is 4. The first kappa shape index (κ1) is 33.5. The molecular formula is C56H37NO2. The smallest absolute Gasteiger partial charge is 0.159 e. The molecule has 0 saturated carbocycles. The van der Waals surface area contributed by atoms with Crippen LogP contribution in [-0.4, -0.2) is 0 Å². The van der Waals surface area contributed by atoms with E-state index in [1.807, 2.05) is 12.1 Å². The SMILES string of the molecule is CC1(c2cccc3c2oc2c(N(c4ccc(-c5ccccc5)cc4)c4ccc(-c5cccc6c5oc5ccccc56)cc4)cccc23)c2ccccc2-c2ccccc21. The molecule has 11 aromatic rings. The van der Waals surface area contributed by atoms with Crippen molar-refractivity contribution in [2.45, 2.75) is 12.3 Å². The Morgan fingerprint density at radius 1 is 0.339 bits per heavy atom. The van der Waals surface area contributed by atoms with Crippen molar-refractivity contribution in [2.75, 3.05) is 4.90 Å². The van der Waals surface area contributed by atoms with Crippen molar-refractivity contribution in [3.8, 4) is 33.4 Å². The fourth-order valence-corrected chi connectivity index (χ4v) is 9.74. The van der Waals surface area contributed by atoms with Crippen LogP contribution in [0.15, 0.2) is 215 Å². The molecule has 0 N–H and O–H groups in total. The van der Waals surface area contributed by atoms with E-state index in [0.29, 0.717) is 0 Å². The first-order chi connectivity index (χ1) is 29.1. The second kappa shape index (κ2) is 13.0. The number of benzene rings is 9. The van der Waals surface area contributed by atoms with E-state index in [1.54, 1.807) is 0 Å². The van der Waals surface area contributed by atoms with Crippen LogP contribution < -0.4 is 4.90 Å². The third-order valence-electron chi connectivity index (χ3n) is 12.6. The maximum atomic E-state index is 7.26. The van der Waals surface area contributed by atoms with Crippen molar-refractivity contribution in [1.82, 2.24) is 0 Å². The van der Waals surface area contributed by atoms with Gasteiger partial charge in [-0.25, -0.2) is 0 Å². The summed E-state index contributed by atoms with van der Waals surface area (Å²) < 4.78 is 13.7. The number of fused-ring (bicyclic) bond motifs is 9. The van der Waals surface area contributed by atoms with Gasteiger partial charge in [0.25, 0.3) is 0 Å². The first-order valence-corrected chi connectivity index (χ1v) is 20.3. The van der Waals surface area contributed by atoms with Crippen molar-refractivity contribution in [2.24, 2.45) is 0 Å². The van der Waals surface area contributed by atoms with Gasteiger partial charge in [0.2, 0.25) is 0 Å². The lowest BCUT2D eigenvalue weighted by molar-refractivity contribution is 0.638. The number of hydrogen-bond acceptors (Lipinski definition) is 3. The van der Waals surface area contributed by atoms with E-state index in [4.69, 9.17) is 8.83 Å². The number of furan rings is 2. The van der Waals surface area contributed by atoms with E-state index in [-0.39, 0.29) is 0 Å². The number of anilines is 3. The van der Waals surface area contributed by atoms with Gasteiger partial charge in [0, 0.05) is 49.5 Å². The first-order valence-electron chi connectivity index (χ1n) is 20.3. The third-order valence-corrected chi connectivity index (χ3v) is 12.6. The molecule has 0 unspecified atom stereocenters. The molecule has 0 aliphatic heterocycles. The summed E-state index contributed by atoms with van der Waals surface area (Å²) >= 11 is 0. The Balaban J connectivity index is 1.04. The summed E-state index contributed by atoms with van der Waals surface area (Å²) in [6.07, 6.45) is 0. The molecule has 0 radical (unpaired) electrons. The van der Waals surface area contributed by atoms with Crippen molar-refractivity contribution in [3.05, 3.63) is 223 Å². The van der Waals surface area contributed by atoms with Crippen LogP contribution in [0.5, 0.6) is 0 Å². The molecule has 0 fully saturated rings. The lowest BCUT2D eigenvalue weighted by atomic mass is 9.74. The largest absolute Gasteiger partial charge is 0.455 e. The Hall–Kier alpha value is -7.62. The lowest BCUT2D eigenvalue weighted by Crippen LogP contribution is -2.22. The van der Waals surface area contributed by atoms with Gasteiger partial charge in [0.05, 0.1) is 5.69 Å². The molecule has 9 aromatic carbocycles. The Bertz CT molecular complexity index is 3340. The maximum absolute atomic E-state index is 7.26. The predicted molar refractivity (Wildman–Crippen MR) is 244 cm³/mol. The minimum absolute atomic E-state index is 0.397. The molecule has 0 bridgehead atoms. The molecule has 2 heterocycles. The highest BCUT2D eigenvalue weighted by Crippen LogP contribution is 2.54. The van der Waals surface area contributed by atoms with Gasteiger partial charge in [-0.3, -0.25) is 0 Å². The maximum Gasteiger partial charge on any atom is 0.159 e. The summed E-state index contributed by atoms with van der Waals surface area (Å²) in [6.45, 7) is 2.36. The standard InChI is InChI=1S/C56H37NO2/c1-56(48-23-8-5-16-42(48)43-17-6-9-24-49(43)56)50-25-12-21-46-47-22-13-26-51(55(47)59-54(46)50)57(39-32-28-37(29-33-39)36-14-3-2-4-15-36)40-34-30-38(31-35-40)41-19-11-20-45-44-18-7-10-27-52(44)58-53(41)45/h2-35H,1H3. The summed E-state index contributed by atoms with van der Waals surface area (Å²) in [5, 5.41) is 4.44. The lowest BCUT2D eigenvalue weighted by Gasteiger charge is -2.28. The summed E-state index contributed by atoms with van der Waals surface area (Å²) in [5.41, 5.74) is 17.0. The van der Waals surface area contributed by atoms with Crippen molar-refractivity contribution in [1.29, 1.82) is 0 Å². The molecule has 278 valence electrons. The van der Waals surface area contributed by atoms with Crippen LogP contribution in [0.1, 0.15) is 23.6 Å². The second-order valence-corrected chi connectivity index (χ2v) is 15.7. The van der Waals surface area contributed by atoms with Crippen LogP contribution in [0.4, 0.5) is 17.1 Å². The zero-order valence-electron chi connectivity index (χ0n) is 32.4. The van der Waals surface area contributed by atoms with E-state index < -0.39 is 5.41 Å². The molecule has 59 heavy (non-hydrogen) atoms. The molecule has 1 aliphatic carbocycles. The third kappa shape index (κ3) is 5.01. The molecule has 1 aliphatic rings. The summed E-state index contributed by atoms with van der Waals surface area (Å²) in [7, 11) is 0. The Morgan fingerprint density at radius 3 is 1.54 bits per heavy atom. The number of hydrogen-bond donors (Lipinski definition) is 0. The van der Waals surface area contributed by atoms with Gasteiger partial charge in [0.15, 0.2) is 5.58 Å². The van der Waals surface area contributed by atoms with Crippen LogP contribution >= 0.6 is 0 Å². The Kier molecular flexibility index (Phi) is 7.36. The van der Waals surface area contributed by atoms with Crippen LogP contribution in [0, 0.1) is 0 Å². The number of rotatable bonds is 6. The van der Waals surface area contributed by atoms with Gasteiger partial charge in [-0.05, 0) is 82.3 Å². The molecular weight excluding hydrogens is 719 g/mol. The highest BCUT2D eigenvalue weighted by atomic mass is 16.3. The molecule has 0 atom stereocenters.